The molecule has 4 rings (SSSR count). The van der Waals surface area contributed by atoms with E-state index in [2.05, 4.69) is 15.0 Å². The van der Waals surface area contributed by atoms with Gasteiger partial charge in [-0.25, -0.2) is 4.98 Å². The number of hydrogen-bond acceptors (Lipinski definition) is 7. The SMILES string of the molecule is Cc1c(Cl)c(C)c([N+](=O)[O-])c(O)c1C=Nc1ccc(-c2nc3ncccc3o2)cc1. The standard InChI is InChI=1S/C21H15ClN4O4/c1-11-15(19(27)18(26(28)29)12(2)17(11)22)10-24-14-7-5-13(6-8-14)21-25-20-16(30-21)4-3-9-23-20/h3-10,27H,1-2H3. The fourth-order valence-corrected chi connectivity index (χ4v) is 3.28. The van der Waals surface area contributed by atoms with E-state index in [1.807, 2.05) is 0 Å². The minimum Gasteiger partial charge on any atom is -0.502 e. The Kier molecular flexibility index (Phi) is 4.93. The second kappa shape index (κ2) is 7.57. The Balaban J connectivity index is 1.66. The highest BCUT2D eigenvalue weighted by molar-refractivity contribution is 6.33. The lowest BCUT2D eigenvalue weighted by atomic mass is 10.0. The van der Waals surface area contributed by atoms with Crippen molar-refractivity contribution in [3.8, 4) is 17.2 Å². The zero-order valence-electron chi connectivity index (χ0n) is 16.0. The van der Waals surface area contributed by atoms with Crippen molar-refractivity contribution < 1.29 is 14.4 Å². The van der Waals surface area contributed by atoms with Gasteiger partial charge in [-0.05, 0) is 55.8 Å². The van der Waals surface area contributed by atoms with Gasteiger partial charge in [0, 0.05) is 29.1 Å². The number of nitro groups is 1. The molecule has 0 aliphatic rings. The third kappa shape index (κ3) is 3.37. The van der Waals surface area contributed by atoms with Crippen molar-refractivity contribution in [1.82, 2.24) is 9.97 Å². The molecule has 2 heterocycles. The summed E-state index contributed by atoms with van der Waals surface area (Å²) in [6.45, 7) is 3.17. The van der Waals surface area contributed by atoms with Gasteiger partial charge in [0.1, 0.15) is 0 Å². The first-order valence-electron chi connectivity index (χ1n) is 8.89. The van der Waals surface area contributed by atoms with E-state index in [0.717, 1.165) is 5.56 Å². The van der Waals surface area contributed by atoms with Crippen LogP contribution in [0.25, 0.3) is 22.7 Å². The number of pyridine rings is 1. The second-order valence-corrected chi connectivity index (χ2v) is 6.96. The molecular formula is C21H15ClN4O4. The molecule has 2 aromatic heterocycles. The number of phenolic OH excluding ortho intramolecular Hbond substituents is 1. The number of aliphatic imine (C=N–C) groups is 1. The van der Waals surface area contributed by atoms with E-state index in [1.54, 1.807) is 49.5 Å². The molecule has 0 aliphatic carbocycles. The summed E-state index contributed by atoms with van der Waals surface area (Å²) in [6, 6.07) is 10.6. The first kappa shape index (κ1) is 19.5. The number of phenols is 1. The highest BCUT2D eigenvalue weighted by atomic mass is 35.5. The van der Waals surface area contributed by atoms with Gasteiger partial charge in [0.05, 0.1) is 15.6 Å². The van der Waals surface area contributed by atoms with Crippen LogP contribution in [0.3, 0.4) is 0 Å². The summed E-state index contributed by atoms with van der Waals surface area (Å²) in [7, 11) is 0. The van der Waals surface area contributed by atoms with Gasteiger partial charge < -0.3 is 9.52 Å². The van der Waals surface area contributed by atoms with Gasteiger partial charge in [-0.15, -0.1) is 0 Å². The first-order valence-corrected chi connectivity index (χ1v) is 9.26. The van der Waals surface area contributed by atoms with Crippen molar-refractivity contribution in [3.05, 3.63) is 74.4 Å². The number of nitrogens with zero attached hydrogens (tertiary/aromatic N) is 4. The number of benzene rings is 2. The zero-order valence-corrected chi connectivity index (χ0v) is 16.7. The fraction of sp³-hybridized carbons (Fsp3) is 0.0952. The van der Waals surface area contributed by atoms with Crippen LogP contribution in [-0.2, 0) is 0 Å². The fourth-order valence-electron chi connectivity index (χ4n) is 3.09. The van der Waals surface area contributed by atoms with Gasteiger partial charge in [-0.3, -0.25) is 15.1 Å². The molecule has 0 saturated heterocycles. The predicted octanol–water partition coefficient (Wildman–Crippen LogP) is 5.52. The Bertz CT molecular complexity index is 1280. The number of aromatic nitrogens is 2. The molecule has 0 aliphatic heterocycles. The number of rotatable bonds is 4. The van der Waals surface area contributed by atoms with E-state index in [0.29, 0.717) is 28.4 Å². The Morgan fingerprint density at radius 1 is 1.20 bits per heavy atom. The van der Waals surface area contributed by atoms with E-state index in [4.69, 9.17) is 16.0 Å². The van der Waals surface area contributed by atoms with Crippen molar-refractivity contribution in [1.29, 1.82) is 0 Å². The lowest BCUT2D eigenvalue weighted by molar-refractivity contribution is -0.386. The largest absolute Gasteiger partial charge is 0.502 e. The molecule has 0 atom stereocenters. The molecular weight excluding hydrogens is 408 g/mol. The Morgan fingerprint density at radius 2 is 1.93 bits per heavy atom. The van der Waals surface area contributed by atoms with Crippen molar-refractivity contribution in [2.75, 3.05) is 0 Å². The van der Waals surface area contributed by atoms with Crippen LogP contribution in [-0.4, -0.2) is 26.2 Å². The molecule has 9 heteroatoms. The summed E-state index contributed by atoms with van der Waals surface area (Å²) >= 11 is 6.21. The third-order valence-corrected chi connectivity index (χ3v) is 5.27. The van der Waals surface area contributed by atoms with E-state index in [9.17, 15) is 15.2 Å². The quantitative estimate of drug-likeness (QED) is 0.263. The monoisotopic (exact) mass is 422 g/mol. The Morgan fingerprint density at radius 3 is 2.60 bits per heavy atom. The van der Waals surface area contributed by atoms with Gasteiger partial charge >= 0.3 is 5.69 Å². The molecule has 1 N–H and O–H groups in total. The average molecular weight is 423 g/mol. The van der Waals surface area contributed by atoms with Crippen molar-refractivity contribution in [3.63, 3.8) is 0 Å². The van der Waals surface area contributed by atoms with E-state index >= 15 is 0 Å². The third-order valence-electron chi connectivity index (χ3n) is 4.70. The number of halogens is 1. The molecule has 0 spiro atoms. The van der Waals surface area contributed by atoms with Gasteiger partial charge in [0.15, 0.2) is 11.2 Å². The van der Waals surface area contributed by atoms with Crippen LogP contribution in [0, 0.1) is 24.0 Å². The normalized spacial score (nSPS) is 11.4. The molecule has 0 radical (unpaired) electrons. The van der Waals surface area contributed by atoms with Gasteiger partial charge in [0.2, 0.25) is 11.6 Å². The number of oxazole rings is 1. The maximum Gasteiger partial charge on any atom is 0.315 e. The van der Waals surface area contributed by atoms with E-state index in [-0.39, 0.29) is 16.1 Å². The molecule has 4 aromatic rings. The summed E-state index contributed by atoms with van der Waals surface area (Å²) in [5.74, 6) is -0.0209. The lowest BCUT2D eigenvalue weighted by Gasteiger charge is -2.10. The maximum atomic E-state index is 11.3. The highest BCUT2D eigenvalue weighted by Gasteiger charge is 2.25. The minimum atomic E-state index is -0.655. The molecule has 0 saturated carbocycles. The number of aromatic hydroxyl groups is 1. The molecule has 0 unspecified atom stereocenters. The van der Waals surface area contributed by atoms with Gasteiger partial charge in [-0.2, -0.15) is 4.98 Å². The van der Waals surface area contributed by atoms with Crippen LogP contribution in [0.5, 0.6) is 5.75 Å². The molecule has 8 nitrogen and oxygen atoms in total. The van der Waals surface area contributed by atoms with E-state index in [1.165, 1.54) is 13.1 Å². The topological polar surface area (TPSA) is 115 Å². The number of hydrogen-bond donors (Lipinski definition) is 1. The molecule has 0 amide bonds. The van der Waals surface area contributed by atoms with Gasteiger partial charge in [-0.1, -0.05) is 11.6 Å². The summed E-state index contributed by atoms with van der Waals surface area (Å²) in [5, 5.41) is 21.9. The molecule has 0 fully saturated rings. The van der Waals surface area contributed by atoms with Crippen LogP contribution in [0.15, 0.2) is 52.0 Å². The molecule has 0 bridgehead atoms. The smallest absolute Gasteiger partial charge is 0.315 e. The Labute approximate surface area is 175 Å². The van der Waals surface area contributed by atoms with Crippen LogP contribution < -0.4 is 0 Å². The van der Waals surface area contributed by atoms with Crippen molar-refractivity contribution >= 4 is 40.4 Å². The second-order valence-electron chi connectivity index (χ2n) is 6.58. The van der Waals surface area contributed by atoms with Crippen LogP contribution >= 0.6 is 11.6 Å². The highest BCUT2D eigenvalue weighted by Crippen LogP contribution is 2.40. The van der Waals surface area contributed by atoms with Crippen LogP contribution in [0.1, 0.15) is 16.7 Å². The molecule has 150 valence electrons. The zero-order chi connectivity index (χ0) is 21.4. The van der Waals surface area contributed by atoms with Gasteiger partial charge in [0.25, 0.3) is 0 Å². The Hall–Kier alpha value is -3.78. The summed E-state index contributed by atoms with van der Waals surface area (Å²) in [6.07, 6.45) is 3.01. The number of fused-ring (bicyclic) bond motifs is 1. The van der Waals surface area contributed by atoms with E-state index < -0.39 is 16.4 Å². The average Bonchev–Trinajstić information content (AvgIpc) is 3.16. The first-order chi connectivity index (χ1) is 14.4. The van der Waals surface area contributed by atoms with Crippen LogP contribution in [0.2, 0.25) is 5.02 Å². The minimum absolute atomic E-state index is 0.200. The maximum absolute atomic E-state index is 11.3. The number of nitro benzene ring substituents is 1. The predicted molar refractivity (Wildman–Crippen MR) is 114 cm³/mol. The lowest BCUT2D eigenvalue weighted by Crippen LogP contribution is -1.99. The summed E-state index contributed by atoms with van der Waals surface area (Å²) < 4.78 is 5.69. The molecule has 2 aromatic carbocycles. The summed E-state index contributed by atoms with van der Waals surface area (Å²) in [5.41, 5.74) is 2.95. The van der Waals surface area contributed by atoms with Crippen molar-refractivity contribution in [2.45, 2.75) is 13.8 Å². The molecule has 30 heavy (non-hydrogen) atoms. The summed E-state index contributed by atoms with van der Waals surface area (Å²) in [4.78, 5) is 23.4. The van der Waals surface area contributed by atoms with Crippen molar-refractivity contribution in [2.24, 2.45) is 4.99 Å². The van der Waals surface area contributed by atoms with Crippen LogP contribution in [0.4, 0.5) is 11.4 Å².